The summed E-state index contributed by atoms with van der Waals surface area (Å²) in [6, 6.07) is 7.89. The van der Waals surface area contributed by atoms with Gasteiger partial charge in [0.05, 0.1) is 10.9 Å². The van der Waals surface area contributed by atoms with Gasteiger partial charge in [-0.1, -0.05) is 30.7 Å². The fourth-order valence-electron chi connectivity index (χ4n) is 2.83. The second-order valence-corrected chi connectivity index (χ2v) is 6.28. The summed E-state index contributed by atoms with van der Waals surface area (Å²) in [7, 11) is 0. The van der Waals surface area contributed by atoms with E-state index in [2.05, 4.69) is 12.2 Å². The van der Waals surface area contributed by atoms with Gasteiger partial charge >= 0.3 is 5.97 Å². The van der Waals surface area contributed by atoms with Gasteiger partial charge in [-0.25, -0.2) is 0 Å². The molecule has 0 spiro atoms. The Labute approximate surface area is 136 Å². The van der Waals surface area contributed by atoms with Crippen molar-refractivity contribution < 1.29 is 14.6 Å². The van der Waals surface area contributed by atoms with Gasteiger partial charge in [-0.2, -0.15) is 0 Å². The molecule has 1 aliphatic rings. The first-order valence-corrected chi connectivity index (χ1v) is 8.35. The molecule has 0 radical (unpaired) electrons. The number of hydrogen-bond acceptors (Lipinski definition) is 3. The molecule has 0 amide bonds. The van der Waals surface area contributed by atoms with Crippen LogP contribution in [0.25, 0.3) is 0 Å². The highest BCUT2D eigenvalue weighted by Gasteiger charge is 2.26. The zero-order valence-corrected chi connectivity index (χ0v) is 13.7. The fraction of sp³-hybridized carbons (Fsp3) is 0.588. The third kappa shape index (κ3) is 4.89. The number of carboxylic acid groups (broad SMARTS) is 1. The molecule has 22 heavy (non-hydrogen) atoms. The first-order valence-electron chi connectivity index (χ1n) is 7.97. The summed E-state index contributed by atoms with van der Waals surface area (Å²) in [5.74, 6) is -0.112. The van der Waals surface area contributed by atoms with Crippen LogP contribution >= 0.6 is 11.6 Å². The fourth-order valence-corrected chi connectivity index (χ4v) is 3.01. The van der Waals surface area contributed by atoms with Crippen LogP contribution in [0.3, 0.4) is 0 Å². The molecule has 1 aromatic rings. The zero-order chi connectivity index (χ0) is 15.9. The number of aliphatic carboxylic acids is 1. The van der Waals surface area contributed by atoms with Gasteiger partial charge in [0.1, 0.15) is 11.9 Å². The summed E-state index contributed by atoms with van der Waals surface area (Å²) in [4.78, 5) is 11.0. The lowest BCUT2D eigenvalue weighted by atomic mass is 9.86. The van der Waals surface area contributed by atoms with Crippen LogP contribution in [0.1, 0.15) is 39.0 Å². The van der Waals surface area contributed by atoms with Crippen LogP contribution in [-0.4, -0.2) is 29.8 Å². The predicted octanol–water partition coefficient (Wildman–Crippen LogP) is 3.73. The molecule has 0 bridgehead atoms. The Morgan fingerprint density at radius 3 is 2.64 bits per heavy atom. The van der Waals surface area contributed by atoms with Crippen molar-refractivity contribution >= 4 is 17.6 Å². The van der Waals surface area contributed by atoms with Gasteiger partial charge in [-0.05, 0) is 44.2 Å². The monoisotopic (exact) mass is 325 g/mol. The van der Waals surface area contributed by atoms with E-state index in [4.69, 9.17) is 21.4 Å². The maximum absolute atomic E-state index is 11.0. The first kappa shape index (κ1) is 17.1. The highest BCUT2D eigenvalue weighted by molar-refractivity contribution is 6.32. The molecule has 0 aliphatic heterocycles. The Bertz CT molecular complexity index is 487. The minimum Gasteiger partial charge on any atom is -0.488 e. The van der Waals surface area contributed by atoms with E-state index >= 15 is 0 Å². The highest BCUT2D eigenvalue weighted by Crippen LogP contribution is 2.26. The molecule has 1 fully saturated rings. The topological polar surface area (TPSA) is 58.6 Å². The summed E-state index contributed by atoms with van der Waals surface area (Å²) in [6.07, 6.45) is 4.31. The molecule has 0 aromatic heterocycles. The average Bonchev–Trinajstić information content (AvgIpc) is 2.53. The van der Waals surface area contributed by atoms with E-state index in [1.54, 1.807) is 0 Å². The Kier molecular flexibility index (Phi) is 6.52. The van der Waals surface area contributed by atoms with Crippen molar-refractivity contribution in [1.29, 1.82) is 0 Å². The Balaban J connectivity index is 1.77. The number of ether oxygens (including phenoxy) is 1. The number of hydrogen-bond donors (Lipinski definition) is 2. The third-order valence-corrected chi connectivity index (χ3v) is 4.61. The van der Waals surface area contributed by atoms with Crippen LogP contribution in [0.4, 0.5) is 0 Å². The second kappa shape index (κ2) is 8.39. The molecule has 5 heteroatoms. The molecule has 2 rings (SSSR count). The number of carboxylic acids is 1. The number of para-hydroxylation sites is 1. The molecule has 1 atom stereocenters. The summed E-state index contributed by atoms with van der Waals surface area (Å²) in [5, 5.41) is 13.2. The SMILES string of the molecule is CCC(CNC1CCC(C(=O)O)CC1)Oc1ccccc1Cl. The average molecular weight is 326 g/mol. The van der Waals surface area contributed by atoms with E-state index in [0.717, 1.165) is 38.6 Å². The normalized spacial score (nSPS) is 23.0. The van der Waals surface area contributed by atoms with E-state index in [9.17, 15) is 4.79 Å². The first-order chi connectivity index (χ1) is 10.6. The molecule has 1 aromatic carbocycles. The number of benzene rings is 1. The van der Waals surface area contributed by atoms with Crippen LogP contribution in [0.5, 0.6) is 5.75 Å². The molecule has 0 saturated heterocycles. The maximum atomic E-state index is 11.0. The standard InChI is InChI=1S/C17H24ClNO3/c1-2-14(22-16-6-4-3-5-15(16)18)11-19-13-9-7-12(8-10-13)17(20)21/h3-6,12-14,19H,2,7-11H2,1H3,(H,20,21). The van der Waals surface area contributed by atoms with Crippen molar-refractivity contribution in [3.8, 4) is 5.75 Å². The van der Waals surface area contributed by atoms with Crippen LogP contribution in [0, 0.1) is 5.92 Å². The Morgan fingerprint density at radius 2 is 2.05 bits per heavy atom. The summed E-state index contributed by atoms with van der Waals surface area (Å²) < 4.78 is 5.96. The van der Waals surface area contributed by atoms with Gasteiger partial charge in [0, 0.05) is 12.6 Å². The number of nitrogens with one attached hydrogen (secondary N) is 1. The van der Waals surface area contributed by atoms with E-state index in [1.807, 2.05) is 24.3 Å². The van der Waals surface area contributed by atoms with Gasteiger partial charge in [-0.3, -0.25) is 4.79 Å². The quantitative estimate of drug-likeness (QED) is 0.802. The molecule has 1 aliphatic carbocycles. The molecule has 1 unspecified atom stereocenters. The Morgan fingerprint density at radius 1 is 1.36 bits per heavy atom. The largest absolute Gasteiger partial charge is 0.488 e. The lowest BCUT2D eigenvalue weighted by molar-refractivity contribution is -0.142. The summed E-state index contributed by atoms with van der Waals surface area (Å²) >= 11 is 6.12. The summed E-state index contributed by atoms with van der Waals surface area (Å²) in [6.45, 7) is 2.84. The van der Waals surface area contributed by atoms with E-state index in [-0.39, 0.29) is 12.0 Å². The van der Waals surface area contributed by atoms with Crippen LogP contribution in [0.15, 0.2) is 24.3 Å². The van der Waals surface area contributed by atoms with Crippen molar-refractivity contribution in [2.75, 3.05) is 6.54 Å². The molecule has 1 saturated carbocycles. The molecule has 0 heterocycles. The van der Waals surface area contributed by atoms with Crippen molar-refractivity contribution in [3.63, 3.8) is 0 Å². The van der Waals surface area contributed by atoms with Gasteiger partial charge in [0.25, 0.3) is 0 Å². The number of halogens is 1. The van der Waals surface area contributed by atoms with Gasteiger partial charge < -0.3 is 15.2 Å². The lowest BCUT2D eigenvalue weighted by Crippen LogP contribution is -2.40. The van der Waals surface area contributed by atoms with E-state index < -0.39 is 5.97 Å². The number of carbonyl (C=O) groups is 1. The minimum atomic E-state index is -0.660. The second-order valence-electron chi connectivity index (χ2n) is 5.87. The van der Waals surface area contributed by atoms with Gasteiger partial charge in [0.15, 0.2) is 0 Å². The van der Waals surface area contributed by atoms with Gasteiger partial charge in [-0.15, -0.1) is 0 Å². The van der Waals surface area contributed by atoms with Crippen molar-refractivity contribution in [2.45, 2.75) is 51.2 Å². The van der Waals surface area contributed by atoms with Crippen LogP contribution in [0.2, 0.25) is 5.02 Å². The van der Waals surface area contributed by atoms with Crippen molar-refractivity contribution in [1.82, 2.24) is 5.32 Å². The zero-order valence-electron chi connectivity index (χ0n) is 12.9. The van der Waals surface area contributed by atoms with E-state index in [1.165, 1.54) is 0 Å². The smallest absolute Gasteiger partial charge is 0.306 e. The molecular formula is C17H24ClNO3. The molecule has 2 N–H and O–H groups in total. The van der Waals surface area contributed by atoms with Crippen molar-refractivity contribution in [2.24, 2.45) is 5.92 Å². The van der Waals surface area contributed by atoms with Crippen LogP contribution < -0.4 is 10.1 Å². The maximum Gasteiger partial charge on any atom is 0.306 e. The van der Waals surface area contributed by atoms with E-state index in [0.29, 0.717) is 16.8 Å². The molecule has 4 nitrogen and oxygen atoms in total. The van der Waals surface area contributed by atoms with Crippen molar-refractivity contribution in [3.05, 3.63) is 29.3 Å². The highest BCUT2D eigenvalue weighted by atomic mass is 35.5. The summed E-state index contributed by atoms with van der Waals surface area (Å²) in [5.41, 5.74) is 0. The molecule has 122 valence electrons. The lowest BCUT2D eigenvalue weighted by Gasteiger charge is -2.28. The molecular weight excluding hydrogens is 302 g/mol. The minimum absolute atomic E-state index is 0.0668. The van der Waals surface area contributed by atoms with Gasteiger partial charge in [0.2, 0.25) is 0 Å². The van der Waals surface area contributed by atoms with Crippen LogP contribution in [-0.2, 0) is 4.79 Å². The Hall–Kier alpha value is -1.26. The number of rotatable bonds is 7. The third-order valence-electron chi connectivity index (χ3n) is 4.30. The predicted molar refractivity (Wildman–Crippen MR) is 87.5 cm³/mol.